The Kier molecular flexibility index (Phi) is 3.81. The van der Waals surface area contributed by atoms with Gasteiger partial charge in [0.1, 0.15) is 11.1 Å². The van der Waals surface area contributed by atoms with Crippen LogP contribution in [0.1, 0.15) is 5.01 Å². The molecular formula is C13H16N4O2S. The average molecular weight is 292 g/mol. The summed E-state index contributed by atoms with van der Waals surface area (Å²) in [4.78, 5) is 6.83. The maximum absolute atomic E-state index is 8.71. The molecule has 2 heterocycles. The van der Waals surface area contributed by atoms with Crippen LogP contribution in [0.4, 0.5) is 0 Å². The number of ether oxygens (including phenoxy) is 1. The van der Waals surface area contributed by atoms with Gasteiger partial charge >= 0.3 is 0 Å². The van der Waals surface area contributed by atoms with E-state index in [-0.39, 0.29) is 11.9 Å². The number of morpholine rings is 1. The first-order valence-corrected chi connectivity index (χ1v) is 7.24. The number of nitrogens with two attached hydrogens (primary N) is 1. The van der Waals surface area contributed by atoms with Gasteiger partial charge in [-0.1, -0.05) is 17.3 Å². The number of benzene rings is 1. The average Bonchev–Trinajstić information content (AvgIpc) is 2.88. The zero-order chi connectivity index (χ0) is 13.9. The number of hydrogen-bond acceptors (Lipinski definition) is 6. The molecule has 0 radical (unpaired) electrons. The molecule has 0 spiro atoms. The molecule has 3 N–H and O–H groups in total. The Hall–Kier alpha value is -1.70. The van der Waals surface area contributed by atoms with Crippen molar-refractivity contribution >= 4 is 27.4 Å². The van der Waals surface area contributed by atoms with Crippen LogP contribution in [0.25, 0.3) is 10.2 Å². The second kappa shape index (κ2) is 5.74. The molecule has 6 nitrogen and oxygen atoms in total. The Morgan fingerprint density at radius 2 is 2.40 bits per heavy atom. The number of hydrogen-bond donors (Lipinski definition) is 2. The summed E-state index contributed by atoms with van der Waals surface area (Å²) in [6.07, 6.45) is -0.344. The molecule has 1 saturated heterocycles. The first kappa shape index (κ1) is 13.3. The molecule has 0 aliphatic carbocycles. The molecule has 0 bridgehead atoms. The number of fused-ring (bicyclic) bond motifs is 1. The van der Waals surface area contributed by atoms with Crippen LogP contribution in [0.3, 0.4) is 0 Å². The Morgan fingerprint density at radius 1 is 1.55 bits per heavy atom. The van der Waals surface area contributed by atoms with Crippen molar-refractivity contribution in [1.29, 1.82) is 0 Å². The van der Waals surface area contributed by atoms with Crippen molar-refractivity contribution in [3.63, 3.8) is 0 Å². The van der Waals surface area contributed by atoms with Crippen molar-refractivity contribution in [3.05, 3.63) is 29.3 Å². The molecule has 1 atom stereocenters. The van der Waals surface area contributed by atoms with E-state index in [0.717, 1.165) is 23.6 Å². The summed E-state index contributed by atoms with van der Waals surface area (Å²) in [5.74, 6) is 0.124. The minimum Gasteiger partial charge on any atom is -0.409 e. The quantitative estimate of drug-likeness (QED) is 0.385. The number of aromatic nitrogens is 1. The van der Waals surface area contributed by atoms with Crippen LogP contribution >= 0.6 is 11.3 Å². The van der Waals surface area contributed by atoms with Crippen molar-refractivity contribution < 1.29 is 9.94 Å². The van der Waals surface area contributed by atoms with Gasteiger partial charge in [0.05, 0.1) is 23.4 Å². The standard InChI is InChI=1S/C13H16N4O2S/c14-13(16-18)10-7-17(5-6-19-10)8-12-15-9-3-1-2-4-11(9)20-12/h1-4,10,18H,5-8H2,(H2,14,16). The molecule has 1 aliphatic heterocycles. The fourth-order valence-electron chi connectivity index (χ4n) is 2.27. The van der Waals surface area contributed by atoms with Crippen LogP contribution in [-0.2, 0) is 11.3 Å². The maximum atomic E-state index is 8.71. The van der Waals surface area contributed by atoms with Crippen LogP contribution in [-0.4, -0.2) is 46.7 Å². The van der Waals surface area contributed by atoms with E-state index in [1.54, 1.807) is 11.3 Å². The van der Waals surface area contributed by atoms with Crippen molar-refractivity contribution in [2.45, 2.75) is 12.6 Å². The topological polar surface area (TPSA) is 84.0 Å². The molecule has 7 heteroatoms. The fourth-order valence-corrected chi connectivity index (χ4v) is 3.28. The van der Waals surface area contributed by atoms with Crippen LogP contribution in [0.5, 0.6) is 0 Å². The Bertz CT molecular complexity index is 595. The van der Waals surface area contributed by atoms with Crippen molar-refractivity contribution in [2.24, 2.45) is 10.9 Å². The first-order valence-electron chi connectivity index (χ1n) is 6.42. The predicted molar refractivity (Wildman–Crippen MR) is 78.0 cm³/mol. The van der Waals surface area contributed by atoms with Gasteiger partial charge in [-0.25, -0.2) is 4.98 Å². The van der Waals surface area contributed by atoms with Crippen LogP contribution < -0.4 is 5.73 Å². The molecule has 1 unspecified atom stereocenters. The summed E-state index contributed by atoms with van der Waals surface area (Å²) in [6.45, 7) is 2.78. The van der Waals surface area contributed by atoms with Gasteiger partial charge in [-0.3, -0.25) is 4.90 Å². The number of amidine groups is 1. The molecule has 1 aromatic heterocycles. The van der Waals surface area contributed by atoms with Gasteiger partial charge in [0, 0.05) is 13.1 Å². The summed E-state index contributed by atoms with van der Waals surface area (Å²) >= 11 is 1.70. The van der Waals surface area contributed by atoms with E-state index in [1.807, 2.05) is 18.2 Å². The van der Waals surface area contributed by atoms with Gasteiger partial charge in [-0.15, -0.1) is 11.3 Å². The zero-order valence-electron chi connectivity index (χ0n) is 10.9. The molecule has 3 rings (SSSR count). The smallest absolute Gasteiger partial charge is 0.169 e. The van der Waals surface area contributed by atoms with Crippen LogP contribution in [0, 0.1) is 0 Å². The van der Waals surface area contributed by atoms with E-state index in [1.165, 1.54) is 4.70 Å². The van der Waals surface area contributed by atoms with Crippen LogP contribution in [0.15, 0.2) is 29.4 Å². The lowest BCUT2D eigenvalue weighted by atomic mass is 10.2. The fraction of sp³-hybridized carbons (Fsp3) is 0.385. The van der Waals surface area contributed by atoms with Gasteiger partial charge in [0.2, 0.25) is 0 Å². The molecule has 106 valence electrons. The Morgan fingerprint density at radius 3 is 3.20 bits per heavy atom. The number of nitrogens with zero attached hydrogens (tertiary/aromatic N) is 3. The van der Waals surface area contributed by atoms with Crippen LogP contribution in [0.2, 0.25) is 0 Å². The molecule has 1 fully saturated rings. The molecule has 1 aliphatic rings. The lowest BCUT2D eigenvalue weighted by Crippen LogP contribution is -2.48. The van der Waals surface area contributed by atoms with Gasteiger partial charge in [-0.05, 0) is 12.1 Å². The second-order valence-electron chi connectivity index (χ2n) is 4.69. The largest absolute Gasteiger partial charge is 0.409 e. The molecule has 2 aromatic rings. The molecule has 0 amide bonds. The third-order valence-corrected chi connectivity index (χ3v) is 4.31. The maximum Gasteiger partial charge on any atom is 0.169 e. The normalized spacial score (nSPS) is 21.4. The summed E-state index contributed by atoms with van der Waals surface area (Å²) in [7, 11) is 0. The zero-order valence-corrected chi connectivity index (χ0v) is 11.7. The number of oxime groups is 1. The van der Waals surface area contributed by atoms with E-state index in [0.29, 0.717) is 13.2 Å². The van der Waals surface area contributed by atoms with Crippen molar-refractivity contribution in [2.75, 3.05) is 19.7 Å². The third-order valence-electron chi connectivity index (χ3n) is 3.29. The van der Waals surface area contributed by atoms with Crippen molar-refractivity contribution in [1.82, 2.24) is 9.88 Å². The highest BCUT2D eigenvalue weighted by molar-refractivity contribution is 7.18. The van der Waals surface area contributed by atoms with Gasteiger partial charge in [0.25, 0.3) is 0 Å². The molecule has 1 aromatic carbocycles. The SMILES string of the molecule is N/C(=N/O)C1CN(Cc2nc3ccccc3s2)CCO1. The second-order valence-corrected chi connectivity index (χ2v) is 5.81. The molecule has 20 heavy (non-hydrogen) atoms. The Balaban J connectivity index is 1.70. The number of thiazole rings is 1. The highest BCUT2D eigenvalue weighted by Gasteiger charge is 2.24. The van der Waals surface area contributed by atoms with Gasteiger partial charge < -0.3 is 15.7 Å². The van der Waals surface area contributed by atoms with E-state index in [9.17, 15) is 0 Å². The molecular weight excluding hydrogens is 276 g/mol. The van der Waals surface area contributed by atoms with Gasteiger partial charge in [0.15, 0.2) is 5.84 Å². The summed E-state index contributed by atoms with van der Waals surface area (Å²) < 4.78 is 6.68. The summed E-state index contributed by atoms with van der Waals surface area (Å²) in [5.41, 5.74) is 6.64. The minimum atomic E-state index is -0.344. The number of para-hydroxylation sites is 1. The van der Waals surface area contributed by atoms with Gasteiger partial charge in [-0.2, -0.15) is 0 Å². The van der Waals surface area contributed by atoms with E-state index >= 15 is 0 Å². The van der Waals surface area contributed by atoms with E-state index < -0.39 is 0 Å². The third kappa shape index (κ3) is 2.74. The lowest BCUT2D eigenvalue weighted by Gasteiger charge is -2.31. The van der Waals surface area contributed by atoms with E-state index in [2.05, 4.69) is 21.1 Å². The monoisotopic (exact) mass is 292 g/mol. The molecule has 0 saturated carbocycles. The predicted octanol–water partition coefficient (Wildman–Crippen LogP) is 1.24. The summed E-state index contributed by atoms with van der Waals surface area (Å²) in [5, 5.41) is 12.8. The Labute approximate surface area is 120 Å². The summed E-state index contributed by atoms with van der Waals surface area (Å²) in [6, 6.07) is 8.12. The highest BCUT2D eigenvalue weighted by Crippen LogP contribution is 2.23. The lowest BCUT2D eigenvalue weighted by molar-refractivity contribution is 0.00141. The van der Waals surface area contributed by atoms with E-state index in [4.69, 9.17) is 15.7 Å². The highest BCUT2D eigenvalue weighted by atomic mass is 32.1. The number of rotatable bonds is 3. The van der Waals surface area contributed by atoms with Crippen molar-refractivity contribution in [3.8, 4) is 0 Å². The minimum absolute atomic E-state index is 0.124. The first-order chi connectivity index (χ1) is 9.76.